The largest absolute Gasteiger partial charge is 0.466 e. The maximum atomic E-state index is 10.4. The fourth-order valence-corrected chi connectivity index (χ4v) is 0.289. The summed E-state index contributed by atoms with van der Waals surface area (Å²) >= 11 is 0. The average Bonchev–Trinajstić information content (AvgIpc) is 2.03. The molecule has 4 heteroatoms. The van der Waals surface area contributed by atoms with Gasteiger partial charge in [-0.05, 0) is 6.42 Å². The van der Waals surface area contributed by atoms with Gasteiger partial charge in [0.2, 0.25) is 0 Å². The van der Waals surface area contributed by atoms with E-state index in [-0.39, 0.29) is 12.1 Å². The molecule has 0 saturated carbocycles. The second-order valence-electron chi connectivity index (χ2n) is 1.53. The highest BCUT2D eigenvalue weighted by Crippen LogP contribution is 1.96. The molecule has 0 aliphatic carbocycles. The molecule has 4 nitrogen and oxygen atoms in total. The first-order valence-corrected chi connectivity index (χ1v) is 2.89. The van der Waals surface area contributed by atoms with Gasteiger partial charge in [-0.15, -0.1) is 0 Å². The van der Waals surface area contributed by atoms with E-state index in [0.29, 0.717) is 12.0 Å². The Hall–Kier alpha value is -1.41. The van der Waals surface area contributed by atoms with E-state index in [9.17, 15) is 4.79 Å². The Morgan fingerprint density at radius 1 is 1.55 bits per heavy atom. The Morgan fingerprint density at radius 3 is 2.00 bits per heavy atom. The van der Waals surface area contributed by atoms with Crippen LogP contribution >= 0.6 is 0 Å². The van der Waals surface area contributed by atoms with Gasteiger partial charge in [0.1, 0.15) is 0 Å². The summed E-state index contributed by atoms with van der Waals surface area (Å²) in [6.07, 6.45) is 0.909. The van der Waals surface area contributed by atoms with Gasteiger partial charge in [0, 0.05) is 5.57 Å². The molecule has 0 unspecified atom stereocenters. The molecule has 0 spiro atoms. The van der Waals surface area contributed by atoms with Crippen LogP contribution in [0.1, 0.15) is 13.3 Å². The van der Waals surface area contributed by atoms with Crippen molar-refractivity contribution in [2.45, 2.75) is 13.3 Å². The third-order valence-corrected chi connectivity index (χ3v) is 0.901. The predicted octanol–water partition coefficient (Wildman–Crippen LogP) is 0.542. The standard InChI is InChI=1S/C6H10O2.CO2/c1-4-5(2)6(7)8-3;2-1-3/h2,4H2,1,3H3;. The third kappa shape index (κ3) is 8.59. The average molecular weight is 158 g/mol. The lowest BCUT2D eigenvalue weighted by molar-refractivity contribution is -0.191. The van der Waals surface area contributed by atoms with Crippen molar-refractivity contribution < 1.29 is 19.1 Å². The summed E-state index contributed by atoms with van der Waals surface area (Å²) < 4.78 is 4.36. The topological polar surface area (TPSA) is 60.4 Å². The molecule has 0 fully saturated rings. The number of hydrogen-bond donors (Lipinski definition) is 0. The minimum atomic E-state index is -0.312. The van der Waals surface area contributed by atoms with E-state index in [1.807, 2.05) is 6.92 Å². The third-order valence-electron chi connectivity index (χ3n) is 0.901. The van der Waals surface area contributed by atoms with E-state index in [1.165, 1.54) is 7.11 Å². The normalized spacial score (nSPS) is 6.73. The SMILES string of the molecule is C=C(CC)C(=O)OC.O=C=O. The Bertz CT molecular complexity index is 151. The fraction of sp³-hybridized carbons (Fsp3) is 0.429. The number of ether oxygens (including phenoxy) is 1. The summed E-state index contributed by atoms with van der Waals surface area (Å²) in [5, 5.41) is 0. The van der Waals surface area contributed by atoms with Crippen molar-refractivity contribution in [2.75, 3.05) is 7.11 Å². The summed E-state index contributed by atoms with van der Waals surface area (Å²) in [4.78, 5) is 26.7. The van der Waals surface area contributed by atoms with Gasteiger partial charge in [0.05, 0.1) is 7.11 Å². The minimum absolute atomic E-state index is 0.250. The van der Waals surface area contributed by atoms with E-state index < -0.39 is 0 Å². The lowest BCUT2D eigenvalue weighted by Crippen LogP contribution is -2.01. The summed E-state index contributed by atoms with van der Waals surface area (Å²) in [5.41, 5.74) is 0.521. The van der Waals surface area contributed by atoms with Crippen molar-refractivity contribution in [3.05, 3.63) is 12.2 Å². The first kappa shape index (κ1) is 12.3. The lowest BCUT2D eigenvalue weighted by Gasteiger charge is -1.95. The van der Waals surface area contributed by atoms with Crippen molar-refractivity contribution in [3.63, 3.8) is 0 Å². The molecule has 0 aromatic carbocycles. The van der Waals surface area contributed by atoms with Crippen LogP contribution in [0, 0.1) is 0 Å². The molecule has 0 rings (SSSR count). The molecule has 0 aliphatic rings. The molecule has 0 aliphatic heterocycles. The van der Waals surface area contributed by atoms with E-state index in [1.54, 1.807) is 0 Å². The van der Waals surface area contributed by atoms with Crippen LogP contribution in [0.15, 0.2) is 12.2 Å². The molecule has 62 valence electrons. The smallest absolute Gasteiger partial charge is 0.373 e. The van der Waals surface area contributed by atoms with Crippen molar-refractivity contribution >= 4 is 12.1 Å². The zero-order chi connectivity index (χ0) is 9.28. The van der Waals surface area contributed by atoms with Gasteiger partial charge in [-0.25, -0.2) is 4.79 Å². The minimum Gasteiger partial charge on any atom is -0.466 e. The Kier molecular flexibility index (Phi) is 9.59. The van der Waals surface area contributed by atoms with Gasteiger partial charge in [-0.2, -0.15) is 9.59 Å². The van der Waals surface area contributed by atoms with Gasteiger partial charge in [0.25, 0.3) is 0 Å². The molecule has 0 heterocycles. The zero-order valence-corrected chi connectivity index (χ0v) is 6.55. The molecule has 0 aromatic rings. The molecule has 0 aromatic heterocycles. The van der Waals surface area contributed by atoms with E-state index in [0.717, 1.165) is 0 Å². The lowest BCUT2D eigenvalue weighted by atomic mass is 10.2. The molecular weight excluding hydrogens is 148 g/mol. The van der Waals surface area contributed by atoms with E-state index in [4.69, 9.17) is 9.59 Å². The first-order chi connectivity index (χ1) is 5.13. The van der Waals surface area contributed by atoms with E-state index in [2.05, 4.69) is 11.3 Å². The second-order valence-corrected chi connectivity index (χ2v) is 1.53. The Morgan fingerprint density at radius 2 is 1.91 bits per heavy atom. The number of carbonyl (C=O) groups is 1. The van der Waals surface area contributed by atoms with Gasteiger partial charge < -0.3 is 4.74 Å². The molecule has 0 bridgehead atoms. The number of esters is 1. The van der Waals surface area contributed by atoms with Crippen LogP contribution < -0.4 is 0 Å². The molecule has 0 amide bonds. The first-order valence-electron chi connectivity index (χ1n) is 2.89. The predicted molar refractivity (Wildman–Crippen MR) is 36.5 cm³/mol. The van der Waals surface area contributed by atoms with Crippen molar-refractivity contribution in [1.82, 2.24) is 0 Å². The van der Waals surface area contributed by atoms with Gasteiger partial charge >= 0.3 is 12.1 Å². The highest BCUT2D eigenvalue weighted by atomic mass is 16.5. The monoisotopic (exact) mass is 158 g/mol. The maximum Gasteiger partial charge on any atom is 0.373 e. The van der Waals surface area contributed by atoms with Crippen LogP contribution in [-0.4, -0.2) is 19.2 Å². The number of carbonyl (C=O) groups excluding carboxylic acids is 3. The highest BCUT2D eigenvalue weighted by molar-refractivity contribution is 5.87. The van der Waals surface area contributed by atoms with Crippen LogP contribution in [0.3, 0.4) is 0 Å². The Balaban J connectivity index is 0. The molecule has 11 heavy (non-hydrogen) atoms. The summed E-state index contributed by atoms with van der Waals surface area (Å²) in [5.74, 6) is -0.312. The molecule has 0 saturated heterocycles. The van der Waals surface area contributed by atoms with Crippen LogP contribution in [0.2, 0.25) is 0 Å². The molecule has 0 radical (unpaired) electrons. The second kappa shape index (κ2) is 8.59. The Labute approximate surface area is 64.8 Å². The molecular formula is C7H10O4. The quantitative estimate of drug-likeness (QED) is 0.434. The summed E-state index contributed by atoms with van der Waals surface area (Å²) in [6.45, 7) is 5.33. The molecule has 0 atom stereocenters. The summed E-state index contributed by atoms with van der Waals surface area (Å²) in [6, 6.07) is 0. The maximum absolute atomic E-state index is 10.4. The van der Waals surface area contributed by atoms with E-state index >= 15 is 0 Å². The summed E-state index contributed by atoms with van der Waals surface area (Å²) in [7, 11) is 1.35. The highest BCUT2D eigenvalue weighted by Gasteiger charge is 2.00. The van der Waals surface area contributed by atoms with Crippen LogP contribution in [0.5, 0.6) is 0 Å². The van der Waals surface area contributed by atoms with Gasteiger partial charge in [-0.1, -0.05) is 13.5 Å². The number of hydrogen-bond acceptors (Lipinski definition) is 4. The van der Waals surface area contributed by atoms with Gasteiger partial charge in [-0.3, -0.25) is 0 Å². The van der Waals surface area contributed by atoms with Crippen molar-refractivity contribution in [1.29, 1.82) is 0 Å². The number of rotatable bonds is 2. The fourth-order valence-electron chi connectivity index (χ4n) is 0.289. The van der Waals surface area contributed by atoms with Gasteiger partial charge in [0.15, 0.2) is 0 Å². The van der Waals surface area contributed by atoms with Crippen LogP contribution in [-0.2, 0) is 19.1 Å². The number of methoxy groups -OCH3 is 1. The van der Waals surface area contributed by atoms with Crippen molar-refractivity contribution in [2.24, 2.45) is 0 Å². The van der Waals surface area contributed by atoms with Crippen molar-refractivity contribution in [3.8, 4) is 0 Å². The van der Waals surface area contributed by atoms with Crippen LogP contribution in [0.25, 0.3) is 0 Å². The molecule has 0 N–H and O–H groups in total. The zero-order valence-electron chi connectivity index (χ0n) is 6.55. The van der Waals surface area contributed by atoms with Crippen LogP contribution in [0.4, 0.5) is 0 Å².